The molecule has 0 aliphatic rings. The second-order valence-corrected chi connectivity index (χ2v) is 15.8. The van der Waals surface area contributed by atoms with E-state index in [-0.39, 0.29) is 0 Å². The molecule has 50 heavy (non-hydrogen) atoms. The summed E-state index contributed by atoms with van der Waals surface area (Å²) < 4.78 is 6.43. The van der Waals surface area contributed by atoms with Gasteiger partial charge in [-0.2, -0.15) is 0 Å². The lowest BCUT2D eigenvalue weighted by Crippen LogP contribution is -2.10. The summed E-state index contributed by atoms with van der Waals surface area (Å²) in [6.07, 6.45) is 0. The molecule has 2 nitrogen and oxygen atoms in total. The van der Waals surface area contributed by atoms with Gasteiger partial charge in [-0.15, -0.1) is 34.0 Å². The average molecular weight is 691 g/mol. The second-order valence-electron chi connectivity index (χ2n) is 12.7. The van der Waals surface area contributed by atoms with Crippen LogP contribution < -0.4 is 4.90 Å². The molecule has 0 N–H and O–H groups in total. The molecule has 0 unspecified atom stereocenters. The van der Waals surface area contributed by atoms with Gasteiger partial charge in [-0.05, 0) is 82.2 Å². The molecule has 3 heterocycles. The minimum absolute atomic E-state index is 1.04. The van der Waals surface area contributed by atoms with Gasteiger partial charge in [0, 0.05) is 46.9 Å². The van der Waals surface area contributed by atoms with Gasteiger partial charge >= 0.3 is 0 Å². The molecule has 0 aliphatic carbocycles. The van der Waals surface area contributed by atoms with Crippen molar-refractivity contribution in [1.82, 2.24) is 4.98 Å². The Hall–Kier alpha value is -5.59. The number of aromatic nitrogens is 1. The van der Waals surface area contributed by atoms with Gasteiger partial charge in [0.25, 0.3) is 0 Å². The number of anilines is 3. The molecule has 0 spiro atoms. The van der Waals surface area contributed by atoms with E-state index in [0.717, 1.165) is 21.8 Å². The van der Waals surface area contributed by atoms with Crippen LogP contribution in [0.1, 0.15) is 0 Å². The standard InChI is InChI=1S/C45H26N2S3/c1-3-11-31-27(9-1)22-26-40-41(31)33-13-7-16-37(44(33)49-40)47(30-23-19-29(20-24-30)45-46-35-14-5-6-17-38(35)50-45)36-15-8-18-39-42(36)34-25-21-28-10-2-4-12-32(28)43(34)48-39/h1-26H. The maximum Gasteiger partial charge on any atom is 0.124 e. The van der Waals surface area contributed by atoms with Gasteiger partial charge in [-0.1, -0.05) is 97.1 Å². The lowest BCUT2D eigenvalue weighted by molar-refractivity contribution is 1.32. The fourth-order valence-electron chi connectivity index (χ4n) is 7.61. The molecule has 234 valence electrons. The van der Waals surface area contributed by atoms with Crippen LogP contribution in [0.5, 0.6) is 0 Å². The first-order chi connectivity index (χ1) is 24.8. The summed E-state index contributed by atoms with van der Waals surface area (Å²) in [5.41, 5.74) is 5.68. The molecule has 0 amide bonds. The average Bonchev–Trinajstić information content (AvgIpc) is 3.89. The lowest BCUT2D eigenvalue weighted by atomic mass is 10.0. The smallest absolute Gasteiger partial charge is 0.124 e. The van der Waals surface area contributed by atoms with E-state index < -0.39 is 0 Å². The zero-order chi connectivity index (χ0) is 32.8. The maximum atomic E-state index is 4.96. The number of hydrogen-bond acceptors (Lipinski definition) is 5. The molecular weight excluding hydrogens is 665 g/mol. The topological polar surface area (TPSA) is 16.1 Å². The maximum absolute atomic E-state index is 4.96. The van der Waals surface area contributed by atoms with Crippen molar-refractivity contribution in [3.63, 3.8) is 0 Å². The van der Waals surface area contributed by atoms with E-state index in [1.54, 1.807) is 11.3 Å². The van der Waals surface area contributed by atoms with E-state index in [0.29, 0.717) is 0 Å². The number of thiophene rings is 2. The van der Waals surface area contributed by atoms with Crippen molar-refractivity contribution in [3.05, 3.63) is 158 Å². The van der Waals surface area contributed by atoms with E-state index in [4.69, 9.17) is 4.98 Å². The van der Waals surface area contributed by atoms with Crippen LogP contribution in [-0.2, 0) is 0 Å². The highest BCUT2D eigenvalue weighted by Crippen LogP contribution is 2.50. The van der Waals surface area contributed by atoms with Gasteiger partial charge in [-0.25, -0.2) is 4.98 Å². The third-order valence-electron chi connectivity index (χ3n) is 9.88. The van der Waals surface area contributed by atoms with E-state index >= 15 is 0 Å². The molecule has 11 rings (SSSR count). The molecule has 0 saturated carbocycles. The molecule has 0 bridgehead atoms. The lowest BCUT2D eigenvalue weighted by Gasteiger charge is -2.27. The first-order valence-electron chi connectivity index (χ1n) is 16.7. The van der Waals surface area contributed by atoms with Crippen LogP contribution in [0.4, 0.5) is 17.1 Å². The number of benzene rings is 8. The summed E-state index contributed by atoms with van der Waals surface area (Å²) in [4.78, 5) is 7.46. The number of fused-ring (bicyclic) bond motifs is 11. The molecule has 0 radical (unpaired) electrons. The fourth-order valence-corrected chi connectivity index (χ4v) is 11.1. The van der Waals surface area contributed by atoms with Crippen molar-refractivity contribution in [2.75, 3.05) is 4.90 Å². The Balaban J connectivity index is 1.18. The Morgan fingerprint density at radius 1 is 0.400 bits per heavy atom. The Kier molecular flexibility index (Phi) is 6.20. The van der Waals surface area contributed by atoms with E-state index in [2.05, 4.69) is 163 Å². The molecule has 0 fully saturated rings. The van der Waals surface area contributed by atoms with Crippen molar-refractivity contribution in [1.29, 1.82) is 0 Å². The quantitative estimate of drug-likeness (QED) is 0.183. The van der Waals surface area contributed by atoms with Gasteiger partial charge in [0.15, 0.2) is 0 Å². The van der Waals surface area contributed by atoms with E-state index in [1.807, 2.05) is 22.7 Å². The predicted molar refractivity (Wildman–Crippen MR) is 221 cm³/mol. The first-order valence-corrected chi connectivity index (χ1v) is 19.2. The van der Waals surface area contributed by atoms with E-state index in [1.165, 1.54) is 78.0 Å². The van der Waals surface area contributed by atoms with Gasteiger partial charge in [0.05, 0.1) is 26.3 Å². The zero-order valence-corrected chi connectivity index (χ0v) is 29.1. The number of nitrogens with zero attached hydrogens (tertiary/aromatic N) is 2. The van der Waals surface area contributed by atoms with Crippen LogP contribution in [0.25, 0.3) is 82.7 Å². The van der Waals surface area contributed by atoms with Gasteiger partial charge < -0.3 is 4.90 Å². The number of para-hydroxylation sites is 1. The Morgan fingerprint density at radius 3 is 1.92 bits per heavy atom. The third kappa shape index (κ3) is 4.21. The predicted octanol–water partition coefficient (Wildman–Crippen LogP) is 14.5. The summed E-state index contributed by atoms with van der Waals surface area (Å²) in [5, 5.41) is 11.4. The minimum Gasteiger partial charge on any atom is -0.308 e. The number of hydrogen-bond donors (Lipinski definition) is 0. The monoisotopic (exact) mass is 690 g/mol. The third-order valence-corrected chi connectivity index (χ3v) is 13.4. The molecular formula is C45H26N2S3. The first kappa shape index (κ1) is 28.3. The summed E-state index contributed by atoms with van der Waals surface area (Å²) in [6, 6.07) is 57.7. The highest BCUT2D eigenvalue weighted by Gasteiger charge is 2.23. The molecule has 0 saturated heterocycles. The molecule has 3 aromatic heterocycles. The van der Waals surface area contributed by atoms with Crippen LogP contribution in [0.3, 0.4) is 0 Å². The number of rotatable bonds is 4. The number of thiazole rings is 1. The van der Waals surface area contributed by atoms with E-state index in [9.17, 15) is 0 Å². The van der Waals surface area contributed by atoms with Crippen LogP contribution in [0, 0.1) is 0 Å². The summed E-state index contributed by atoms with van der Waals surface area (Å²) in [5.74, 6) is 0. The molecule has 8 aromatic carbocycles. The molecule has 0 aliphatic heterocycles. The zero-order valence-electron chi connectivity index (χ0n) is 26.6. The fraction of sp³-hybridized carbons (Fsp3) is 0. The van der Waals surface area contributed by atoms with Gasteiger partial charge in [-0.3, -0.25) is 0 Å². The van der Waals surface area contributed by atoms with Gasteiger partial charge in [0.2, 0.25) is 0 Å². The normalized spacial score (nSPS) is 12.0. The Labute approximate surface area is 299 Å². The largest absolute Gasteiger partial charge is 0.308 e. The molecule has 5 heteroatoms. The van der Waals surface area contributed by atoms with Crippen molar-refractivity contribution in [2.45, 2.75) is 0 Å². The summed E-state index contributed by atoms with van der Waals surface area (Å²) in [7, 11) is 0. The van der Waals surface area contributed by atoms with Gasteiger partial charge in [0.1, 0.15) is 5.01 Å². The van der Waals surface area contributed by atoms with Crippen LogP contribution >= 0.6 is 34.0 Å². The van der Waals surface area contributed by atoms with Crippen molar-refractivity contribution < 1.29 is 0 Å². The Morgan fingerprint density at radius 2 is 1.04 bits per heavy atom. The van der Waals surface area contributed by atoms with Crippen molar-refractivity contribution in [2.24, 2.45) is 0 Å². The second kappa shape index (κ2) is 11.0. The van der Waals surface area contributed by atoms with Crippen LogP contribution in [0.2, 0.25) is 0 Å². The summed E-state index contributed by atoms with van der Waals surface area (Å²) >= 11 is 5.53. The van der Waals surface area contributed by atoms with Crippen LogP contribution in [0.15, 0.2) is 158 Å². The van der Waals surface area contributed by atoms with Crippen molar-refractivity contribution >= 4 is 123 Å². The molecule has 11 aromatic rings. The van der Waals surface area contributed by atoms with Crippen LogP contribution in [-0.4, -0.2) is 4.98 Å². The SMILES string of the molecule is c1ccc2c(c1)ccc1c2sc2cccc(N(c3ccc(-c4nc5ccccc5s4)cc3)c3cccc4c3sc3ccc5ccccc5c34)c21. The molecule has 0 atom stereocenters. The van der Waals surface area contributed by atoms with Crippen molar-refractivity contribution in [3.8, 4) is 10.6 Å². The highest BCUT2D eigenvalue weighted by molar-refractivity contribution is 7.27. The highest BCUT2D eigenvalue weighted by atomic mass is 32.1. The minimum atomic E-state index is 1.04. The Bertz CT molecular complexity index is 3080. The summed E-state index contributed by atoms with van der Waals surface area (Å²) in [6.45, 7) is 0.